The Bertz CT molecular complexity index is 1480. The van der Waals surface area contributed by atoms with Gasteiger partial charge in [0, 0.05) is 18.0 Å². The van der Waals surface area contributed by atoms with Crippen LogP contribution in [0.4, 0.5) is 14.9 Å². The van der Waals surface area contributed by atoms with Gasteiger partial charge in [0.2, 0.25) is 0 Å². The molecule has 2 heterocycles. The average molecular weight is 488 g/mol. The lowest BCUT2D eigenvalue weighted by molar-refractivity contribution is 0.0525. The number of aromatic nitrogens is 2. The van der Waals surface area contributed by atoms with E-state index in [1.54, 1.807) is 13.8 Å². The number of benzene rings is 2. The van der Waals surface area contributed by atoms with Gasteiger partial charge in [-0.2, -0.15) is 10.4 Å². The molecule has 1 amide bonds. The van der Waals surface area contributed by atoms with Crippen LogP contribution in [0.15, 0.2) is 60.9 Å². The normalized spacial score (nSPS) is 10.5. The second-order valence-electron chi connectivity index (χ2n) is 7.61. The lowest BCUT2D eigenvalue weighted by Gasteiger charge is -2.12. The summed E-state index contributed by atoms with van der Waals surface area (Å²) >= 11 is 0. The number of carbonyl (C=O) groups is 2. The van der Waals surface area contributed by atoms with Crippen molar-refractivity contribution in [1.82, 2.24) is 9.61 Å². The molecule has 0 radical (unpaired) electrons. The van der Waals surface area contributed by atoms with Gasteiger partial charge >= 0.3 is 12.1 Å². The van der Waals surface area contributed by atoms with E-state index in [1.165, 1.54) is 29.0 Å². The van der Waals surface area contributed by atoms with Gasteiger partial charge in [0.05, 0.1) is 18.4 Å². The van der Waals surface area contributed by atoms with Gasteiger partial charge in [-0.1, -0.05) is 30.3 Å². The number of carbonyl (C=O) groups excluding carboxylic acids is 2. The molecular formula is C26H21FN4O5. The highest BCUT2D eigenvalue weighted by molar-refractivity contribution is 5.95. The quantitative estimate of drug-likeness (QED) is 0.348. The van der Waals surface area contributed by atoms with Crippen molar-refractivity contribution >= 4 is 23.3 Å². The fraction of sp³-hybridized carbons (Fsp3) is 0.154. The summed E-state index contributed by atoms with van der Waals surface area (Å²) in [5.41, 5.74) is 2.05. The molecular weight excluding hydrogens is 467 g/mol. The molecule has 36 heavy (non-hydrogen) atoms. The molecule has 2 aromatic carbocycles. The van der Waals surface area contributed by atoms with E-state index in [0.29, 0.717) is 11.1 Å². The number of nitrogens with one attached hydrogen (secondary N) is 1. The maximum atomic E-state index is 14.9. The highest BCUT2D eigenvalue weighted by atomic mass is 19.1. The molecule has 0 fully saturated rings. The summed E-state index contributed by atoms with van der Waals surface area (Å²) in [7, 11) is 0. The Morgan fingerprint density at radius 2 is 1.94 bits per heavy atom. The Hall–Kier alpha value is -4.91. The topological polar surface area (TPSA) is 115 Å². The molecule has 182 valence electrons. The number of hydrogen-bond donors (Lipinski definition) is 1. The first-order valence-corrected chi connectivity index (χ1v) is 10.9. The molecule has 0 aliphatic carbocycles. The van der Waals surface area contributed by atoms with E-state index in [9.17, 15) is 19.2 Å². The third-order valence-electron chi connectivity index (χ3n) is 5.23. The van der Waals surface area contributed by atoms with Crippen LogP contribution in [-0.2, 0) is 16.1 Å². The first kappa shape index (κ1) is 24.2. The molecule has 9 nitrogen and oxygen atoms in total. The molecule has 1 N–H and O–H groups in total. The fourth-order valence-electron chi connectivity index (χ4n) is 3.50. The zero-order valence-corrected chi connectivity index (χ0v) is 19.4. The van der Waals surface area contributed by atoms with Gasteiger partial charge in [0.1, 0.15) is 23.8 Å². The number of fused-ring (bicyclic) bond motifs is 1. The summed E-state index contributed by atoms with van der Waals surface area (Å²) in [4.78, 5) is 24.4. The number of ether oxygens (including phenoxy) is 3. The van der Waals surface area contributed by atoms with Crippen LogP contribution < -0.4 is 10.1 Å². The number of anilines is 1. The summed E-state index contributed by atoms with van der Waals surface area (Å²) in [6.07, 6.45) is 1.97. The monoisotopic (exact) mass is 488 g/mol. The van der Waals surface area contributed by atoms with Crippen molar-refractivity contribution in [1.29, 1.82) is 5.26 Å². The molecule has 4 aromatic rings. The Morgan fingerprint density at radius 3 is 2.64 bits per heavy atom. The molecule has 0 saturated heterocycles. The number of nitriles is 1. The van der Waals surface area contributed by atoms with Crippen molar-refractivity contribution in [3.8, 4) is 17.6 Å². The van der Waals surface area contributed by atoms with Crippen LogP contribution in [0.5, 0.6) is 11.5 Å². The standard InChI is InChI=1S/C26H21FN4O5/c1-3-34-25(32)20-14-31-23(16(20)2)24(18(12-28)13-29-31)36-22-10-9-19(11-21(22)27)30-26(33)35-15-17-7-5-4-6-8-17/h4-11,13-14H,3,15H2,1-2H3,(H,30,33). The van der Waals surface area contributed by atoms with Crippen molar-refractivity contribution < 1.29 is 28.2 Å². The SMILES string of the molecule is CCOC(=O)c1cn2ncc(C#N)c(Oc3ccc(NC(=O)OCc4ccccc4)cc3F)c2c1C. The number of rotatable bonds is 7. The minimum absolute atomic E-state index is 0.0300. The lowest BCUT2D eigenvalue weighted by Crippen LogP contribution is -2.13. The van der Waals surface area contributed by atoms with Crippen LogP contribution in [0.1, 0.15) is 34.0 Å². The summed E-state index contributed by atoms with van der Waals surface area (Å²) in [6.45, 7) is 3.60. The Balaban J connectivity index is 1.56. The molecule has 0 aliphatic heterocycles. The van der Waals surface area contributed by atoms with Gasteiger partial charge in [0.25, 0.3) is 0 Å². The van der Waals surface area contributed by atoms with E-state index in [0.717, 1.165) is 11.6 Å². The predicted molar refractivity (Wildman–Crippen MR) is 127 cm³/mol. The van der Waals surface area contributed by atoms with Crippen molar-refractivity contribution in [3.05, 3.63) is 89.0 Å². The third kappa shape index (κ3) is 5.10. The second kappa shape index (κ2) is 10.6. The molecule has 2 aromatic heterocycles. The van der Waals surface area contributed by atoms with E-state index < -0.39 is 17.9 Å². The second-order valence-corrected chi connectivity index (χ2v) is 7.61. The predicted octanol–water partition coefficient (Wildman–Crippen LogP) is 5.37. The van der Waals surface area contributed by atoms with Crippen LogP contribution in [0.25, 0.3) is 5.52 Å². The number of halogens is 1. The molecule has 0 aliphatic rings. The van der Waals surface area contributed by atoms with Gasteiger partial charge in [-0.25, -0.2) is 18.5 Å². The van der Waals surface area contributed by atoms with Crippen LogP contribution in [-0.4, -0.2) is 28.3 Å². The van der Waals surface area contributed by atoms with Crippen molar-refractivity contribution in [3.63, 3.8) is 0 Å². The van der Waals surface area contributed by atoms with Gasteiger partial charge in [0.15, 0.2) is 17.3 Å². The number of esters is 1. The van der Waals surface area contributed by atoms with E-state index in [4.69, 9.17) is 14.2 Å². The summed E-state index contributed by atoms with van der Waals surface area (Å²) in [5.74, 6) is -1.50. The van der Waals surface area contributed by atoms with Crippen molar-refractivity contribution in [2.24, 2.45) is 0 Å². The van der Waals surface area contributed by atoms with E-state index >= 15 is 0 Å². The van der Waals surface area contributed by atoms with E-state index in [1.807, 2.05) is 36.4 Å². The van der Waals surface area contributed by atoms with Crippen LogP contribution >= 0.6 is 0 Å². The molecule has 0 atom stereocenters. The number of amides is 1. The van der Waals surface area contributed by atoms with Gasteiger partial charge in [-0.05, 0) is 37.1 Å². The Morgan fingerprint density at radius 1 is 1.17 bits per heavy atom. The van der Waals surface area contributed by atoms with Crippen LogP contribution in [0.2, 0.25) is 0 Å². The molecule has 4 rings (SSSR count). The summed E-state index contributed by atoms with van der Waals surface area (Å²) in [6, 6.07) is 14.9. The zero-order valence-electron chi connectivity index (χ0n) is 19.4. The van der Waals surface area contributed by atoms with Gasteiger partial charge in [-0.15, -0.1) is 0 Å². The maximum Gasteiger partial charge on any atom is 0.411 e. The summed E-state index contributed by atoms with van der Waals surface area (Å²) < 4.78 is 32.3. The molecule has 0 unspecified atom stereocenters. The largest absolute Gasteiger partial charge is 0.462 e. The summed E-state index contributed by atoms with van der Waals surface area (Å²) in [5, 5.41) is 16.2. The number of aryl methyl sites for hydroxylation is 1. The van der Waals surface area contributed by atoms with Gasteiger partial charge in [-0.3, -0.25) is 5.32 Å². The third-order valence-corrected chi connectivity index (χ3v) is 5.23. The van der Waals surface area contributed by atoms with E-state index in [2.05, 4.69) is 10.4 Å². The fourth-order valence-corrected chi connectivity index (χ4v) is 3.50. The number of nitrogens with zero attached hydrogens (tertiary/aromatic N) is 3. The highest BCUT2D eigenvalue weighted by Gasteiger charge is 2.22. The lowest BCUT2D eigenvalue weighted by atomic mass is 10.1. The first-order chi connectivity index (χ1) is 17.4. The van der Waals surface area contributed by atoms with Crippen molar-refractivity contribution in [2.45, 2.75) is 20.5 Å². The molecule has 10 heteroatoms. The smallest absolute Gasteiger partial charge is 0.411 e. The molecule has 0 saturated carbocycles. The Kier molecular flexibility index (Phi) is 7.11. The number of hydrogen-bond acceptors (Lipinski definition) is 7. The zero-order chi connectivity index (χ0) is 25.7. The minimum atomic E-state index is -0.787. The van der Waals surface area contributed by atoms with Gasteiger partial charge < -0.3 is 14.2 Å². The van der Waals surface area contributed by atoms with Crippen LogP contribution in [0.3, 0.4) is 0 Å². The molecule has 0 spiro atoms. The Labute approximate surface area is 205 Å². The first-order valence-electron chi connectivity index (χ1n) is 10.9. The van der Waals surface area contributed by atoms with E-state index in [-0.39, 0.29) is 41.5 Å². The van der Waals surface area contributed by atoms with Crippen molar-refractivity contribution in [2.75, 3.05) is 11.9 Å². The maximum absolute atomic E-state index is 14.9. The minimum Gasteiger partial charge on any atom is -0.462 e. The van der Waals surface area contributed by atoms with Crippen LogP contribution in [0, 0.1) is 24.1 Å². The molecule has 0 bridgehead atoms. The average Bonchev–Trinajstić information content (AvgIpc) is 3.22. The highest BCUT2D eigenvalue weighted by Crippen LogP contribution is 2.35.